The quantitative estimate of drug-likeness (QED) is 0.766. The van der Waals surface area contributed by atoms with Crippen molar-refractivity contribution < 1.29 is 14.3 Å². The number of carbonyl (C=O) groups excluding carboxylic acids is 2. The van der Waals surface area contributed by atoms with Crippen LogP contribution in [0.15, 0.2) is 0 Å². The summed E-state index contributed by atoms with van der Waals surface area (Å²) in [6.45, 7) is 3.76. The van der Waals surface area contributed by atoms with Crippen LogP contribution in [0.1, 0.15) is 13.8 Å². The Hall–Kier alpha value is -1.96. The highest BCUT2D eigenvalue weighted by Gasteiger charge is 2.32. The molecule has 1 saturated heterocycles. The van der Waals surface area contributed by atoms with E-state index in [0.29, 0.717) is 6.61 Å². The van der Waals surface area contributed by atoms with E-state index in [1.165, 1.54) is 4.90 Å². The zero-order valence-corrected chi connectivity index (χ0v) is 11.1. The minimum Gasteiger partial charge on any atom is -0.464 e. The van der Waals surface area contributed by atoms with E-state index in [1.54, 1.807) is 13.8 Å². The molecule has 1 aromatic rings. The molecule has 0 saturated carbocycles. The van der Waals surface area contributed by atoms with E-state index >= 15 is 0 Å². The normalized spacial score (nSPS) is 19.3. The number of amides is 2. The lowest BCUT2D eigenvalue weighted by atomic mass is 10.2. The number of nitrogens with zero attached hydrogens (tertiary/aromatic N) is 4. The molecule has 2 amide bonds. The number of hydrogen-bond acceptors (Lipinski definition) is 7. The smallest absolute Gasteiger partial charge is 0.322 e. The topological polar surface area (TPSA) is 97.3 Å². The molecule has 1 N–H and O–H groups in total. The monoisotopic (exact) mass is 285 g/mol. The lowest BCUT2D eigenvalue weighted by molar-refractivity contribution is -0.132. The van der Waals surface area contributed by atoms with Crippen molar-refractivity contribution >= 4 is 29.4 Å². The first-order chi connectivity index (χ1) is 9.01. The Morgan fingerprint density at radius 1 is 1.42 bits per heavy atom. The van der Waals surface area contributed by atoms with Gasteiger partial charge in [0.2, 0.25) is 23.0 Å². The summed E-state index contributed by atoms with van der Waals surface area (Å²) in [7, 11) is 0. The number of halogens is 1. The third-order valence-electron chi connectivity index (χ3n) is 2.53. The van der Waals surface area contributed by atoms with Gasteiger partial charge in [-0.1, -0.05) is 0 Å². The van der Waals surface area contributed by atoms with Crippen molar-refractivity contribution in [2.75, 3.05) is 18.1 Å². The maximum absolute atomic E-state index is 11.6. The van der Waals surface area contributed by atoms with E-state index < -0.39 is 17.9 Å². The summed E-state index contributed by atoms with van der Waals surface area (Å²) in [6.07, 6.45) is 0. The first kappa shape index (κ1) is 13.5. The first-order valence-electron chi connectivity index (χ1n) is 5.66. The number of ether oxygens (including phenoxy) is 1. The number of rotatable bonds is 3. The Balaban J connectivity index is 2.34. The van der Waals surface area contributed by atoms with Crippen molar-refractivity contribution in [1.29, 1.82) is 0 Å². The zero-order valence-electron chi connectivity index (χ0n) is 10.4. The second-order valence-corrected chi connectivity index (χ2v) is 4.17. The molecular weight excluding hydrogens is 274 g/mol. The van der Waals surface area contributed by atoms with Crippen LogP contribution in [0.25, 0.3) is 0 Å². The van der Waals surface area contributed by atoms with Crippen LogP contribution in [0.3, 0.4) is 0 Å². The van der Waals surface area contributed by atoms with Gasteiger partial charge in [0.05, 0.1) is 6.61 Å². The van der Waals surface area contributed by atoms with Gasteiger partial charge in [0.15, 0.2) is 0 Å². The largest absolute Gasteiger partial charge is 0.464 e. The van der Waals surface area contributed by atoms with Crippen LogP contribution < -0.4 is 15.0 Å². The highest BCUT2D eigenvalue weighted by molar-refractivity contribution is 6.28. The maximum atomic E-state index is 11.6. The van der Waals surface area contributed by atoms with Gasteiger partial charge in [-0.05, 0) is 25.4 Å². The molecule has 0 spiro atoms. The molecule has 1 fully saturated rings. The molecule has 0 aromatic carbocycles. The van der Waals surface area contributed by atoms with Crippen LogP contribution in [0.4, 0.5) is 5.95 Å². The Morgan fingerprint density at radius 3 is 2.84 bits per heavy atom. The number of imide groups is 1. The maximum Gasteiger partial charge on any atom is 0.322 e. The van der Waals surface area contributed by atoms with Crippen molar-refractivity contribution in [2.45, 2.75) is 19.9 Å². The fraction of sp³-hybridized carbons (Fsp3) is 0.500. The van der Waals surface area contributed by atoms with Crippen LogP contribution in [-0.2, 0) is 9.59 Å². The summed E-state index contributed by atoms with van der Waals surface area (Å²) in [5.74, 6) is -0.692. The van der Waals surface area contributed by atoms with Gasteiger partial charge >= 0.3 is 6.01 Å². The van der Waals surface area contributed by atoms with Crippen molar-refractivity contribution in [2.24, 2.45) is 0 Å². The lowest BCUT2D eigenvalue weighted by Gasteiger charge is -2.31. The van der Waals surface area contributed by atoms with Crippen LogP contribution in [0.5, 0.6) is 6.01 Å². The molecule has 1 aromatic heterocycles. The van der Waals surface area contributed by atoms with Crippen molar-refractivity contribution in [1.82, 2.24) is 20.3 Å². The molecule has 0 bridgehead atoms. The van der Waals surface area contributed by atoms with E-state index in [1.807, 2.05) is 0 Å². The molecule has 0 aliphatic carbocycles. The average Bonchev–Trinajstić information content (AvgIpc) is 2.33. The summed E-state index contributed by atoms with van der Waals surface area (Å²) in [5, 5.41) is 2.17. The summed E-state index contributed by atoms with van der Waals surface area (Å²) in [6, 6.07) is -0.520. The van der Waals surface area contributed by atoms with Crippen molar-refractivity contribution in [3.05, 3.63) is 5.28 Å². The Bertz CT molecular complexity index is 524. The van der Waals surface area contributed by atoms with Crippen molar-refractivity contribution in [3.8, 4) is 6.01 Å². The minimum absolute atomic E-state index is 0.0290. The van der Waals surface area contributed by atoms with Crippen LogP contribution >= 0.6 is 11.6 Å². The molecule has 1 aliphatic heterocycles. The first-order valence-corrected chi connectivity index (χ1v) is 6.03. The third-order valence-corrected chi connectivity index (χ3v) is 2.70. The second kappa shape index (κ2) is 5.35. The van der Waals surface area contributed by atoms with E-state index in [-0.39, 0.29) is 23.8 Å². The van der Waals surface area contributed by atoms with Crippen LogP contribution in [0.2, 0.25) is 5.28 Å². The molecule has 0 radical (unpaired) electrons. The number of carbonyl (C=O) groups is 2. The van der Waals surface area contributed by atoms with E-state index in [4.69, 9.17) is 16.3 Å². The molecule has 2 heterocycles. The predicted octanol–water partition coefficient (Wildman–Crippen LogP) is -0.225. The molecule has 1 unspecified atom stereocenters. The van der Waals surface area contributed by atoms with Crippen molar-refractivity contribution in [3.63, 3.8) is 0 Å². The molecule has 1 aliphatic rings. The third kappa shape index (κ3) is 2.90. The number of hydrogen-bond donors (Lipinski definition) is 1. The fourth-order valence-electron chi connectivity index (χ4n) is 1.60. The van der Waals surface area contributed by atoms with Gasteiger partial charge < -0.3 is 9.64 Å². The Morgan fingerprint density at radius 2 is 2.16 bits per heavy atom. The summed E-state index contributed by atoms with van der Waals surface area (Å²) in [4.78, 5) is 36.1. The minimum atomic E-state index is -0.578. The number of piperazine rings is 1. The van der Waals surface area contributed by atoms with Gasteiger partial charge in [0, 0.05) is 0 Å². The molecular formula is C10H12ClN5O3. The van der Waals surface area contributed by atoms with Crippen LogP contribution in [0, 0.1) is 0 Å². The Kier molecular flexibility index (Phi) is 3.79. The highest BCUT2D eigenvalue weighted by Crippen LogP contribution is 2.18. The zero-order chi connectivity index (χ0) is 14.0. The molecule has 2 rings (SSSR count). The standard InChI is InChI=1S/C10H12ClN5O3/c1-3-19-10-14-8(11)13-9(15-10)16-4-6(17)12-7(18)5(16)2/h5H,3-4H2,1-2H3,(H,12,17,18). The molecule has 9 heteroatoms. The van der Waals surface area contributed by atoms with Gasteiger partial charge in [-0.2, -0.15) is 15.0 Å². The SMILES string of the molecule is CCOc1nc(Cl)nc(N2CC(=O)NC(=O)C2C)n1. The van der Waals surface area contributed by atoms with Gasteiger partial charge in [0.1, 0.15) is 12.6 Å². The highest BCUT2D eigenvalue weighted by atomic mass is 35.5. The van der Waals surface area contributed by atoms with E-state index in [0.717, 1.165) is 0 Å². The second-order valence-electron chi connectivity index (χ2n) is 3.84. The molecule has 8 nitrogen and oxygen atoms in total. The van der Waals surface area contributed by atoms with Gasteiger partial charge in [-0.3, -0.25) is 14.9 Å². The molecule has 19 heavy (non-hydrogen) atoms. The molecule has 1 atom stereocenters. The summed E-state index contributed by atoms with van der Waals surface area (Å²) in [5.41, 5.74) is 0. The van der Waals surface area contributed by atoms with Gasteiger partial charge in [0.25, 0.3) is 0 Å². The Labute approximate surface area is 114 Å². The van der Waals surface area contributed by atoms with Gasteiger partial charge in [-0.15, -0.1) is 0 Å². The summed E-state index contributed by atoms with van der Waals surface area (Å²) < 4.78 is 5.15. The number of anilines is 1. The average molecular weight is 286 g/mol. The molecule has 102 valence electrons. The fourth-order valence-corrected chi connectivity index (χ4v) is 1.75. The number of nitrogens with one attached hydrogen (secondary N) is 1. The van der Waals surface area contributed by atoms with E-state index in [2.05, 4.69) is 20.3 Å². The van der Waals surface area contributed by atoms with Crippen LogP contribution in [-0.4, -0.2) is 46.0 Å². The number of aromatic nitrogens is 3. The predicted molar refractivity (Wildman–Crippen MR) is 66.0 cm³/mol. The van der Waals surface area contributed by atoms with Gasteiger partial charge in [-0.25, -0.2) is 0 Å². The van der Waals surface area contributed by atoms with E-state index in [9.17, 15) is 9.59 Å². The lowest BCUT2D eigenvalue weighted by Crippen LogP contribution is -2.57. The summed E-state index contributed by atoms with van der Waals surface area (Å²) >= 11 is 5.77.